The Morgan fingerprint density at radius 2 is 1.93 bits per heavy atom. The summed E-state index contributed by atoms with van der Waals surface area (Å²) in [5.41, 5.74) is 4.69. The van der Waals surface area contributed by atoms with Crippen molar-refractivity contribution in [2.24, 2.45) is 11.0 Å². The van der Waals surface area contributed by atoms with E-state index in [2.05, 4.69) is 55.6 Å². The summed E-state index contributed by atoms with van der Waals surface area (Å²) in [6.07, 6.45) is 1.97. The molecule has 1 amide bonds. The number of nitro benzene ring substituents is 1. The topological polar surface area (TPSA) is 105 Å². The maximum atomic E-state index is 12.3. The van der Waals surface area contributed by atoms with Crippen LogP contribution in [-0.2, 0) is 10.2 Å². The Balaban J connectivity index is 1.59. The Hall–Kier alpha value is -3.22. The van der Waals surface area contributed by atoms with Crippen LogP contribution in [0.15, 0.2) is 47.6 Å². The Kier molecular flexibility index (Phi) is 5.18. The van der Waals surface area contributed by atoms with Crippen molar-refractivity contribution in [2.45, 2.75) is 38.5 Å². The molecule has 2 aromatic carbocycles. The van der Waals surface area contributed by atoms with Gasteiger partial charge in [-0.25, -0.2) is 5.43 Å². The number of nitrogens with one attached hydrogen (secondary N) is 1. The van der Waals surface area contributed by atoms with Gasteiger partial charge in [-0.3, -0.25) is 14.9 Å². The van der Waals surface area contributed by atoms with Crippen molar-refractivity contribution in [2.75, 3.05) is 0 Å². The van der Waals surface area contributed by atoms with E-state index in [9.17, 15) is 20.0 Å². The molecule has 0 aromatic heterocycles. The lowest BCUT2D eigenvalue weighted by molar-refractivity contribution is -0.385. The van der Waals surface area contributed by atoms with Gasteiger partial charge in [-0.2, -0.15) is 5.10 Å². The van der Waals surface area contributed by atoms with E-state index in [1.807, 2.05) is 0 Å². The van der Waals surface area contributed by atoms with Crippen LogP contribution in [0.4, 0.5) is 5.69 Å². The van der Waals surface area contributed by atoms with Crippen LogP contribution in [0.3, 0.4) is 0 Å². The highest BCUT2D eigenvalue weighted by atomic mass is 16.6. The summed E-state index contributed by atoms with van der Waals surface area (Å²) >= 11 is 0. The second-order valence-electron chi connectivity index (χ2n) is 8.03. The number of carbonyl (C=O) groups is 1. The molecule has 0 aliphatic heterocycles. The number of hydrazone groups is 1. The Bertz CT molecular complexity index is 930. The predicted octanol–water partition coefficient (Wildman–Crippen LogP) is 3.85. The summed E-state index contributed by atoms with van der Waals surface area (Å²) in [5, 5.41) is 24.5. The Morgan fingerprint density at radius 1 is 1.25 bits per heavy atom. The zero-order valence-electron chi connectivity index (χ0n) is 16.0. The van der Waals surface area contributed by atoms with Gasteiger partial charge >= 0.3 is 5.69 Å². The van der Waals surface area contributed by atoms with Crippen LogP contribution >= 0.6 is 0 Å². The third-order valence-corrected chi connectivity index (χ3v) is 4.95. The molecule has 0 heterocycles. The van der Waals surface area contributed by atoms with E-state index in [4.69, 9.17) is 0 Å². The molecular weight excluding hydrogens is 358 g/mol. The highest BCUT2D eigenvalue weighted by molar-refractivity contribution is 5.88. The largest absolute Gasteiger partial charge is 0.502 e. The first-order chi connectivity index (χ1) is 13.2. The number of phenolic OH excluding ortho intramolecular Hbond substituents is 1. The van der Waals surface area contributed by atoms with Crippen molar-refractivity contribution >= 4 is 17.8 Å². The van der Waals surface area contributed by atoms with Crippen LogP contribution in [0, 0.1) is 16.0 Å². The maximum Gasteiger partial charge on any atom is 0.311 e. The SMILES string of the molecule is CC(C)(C)c1ccc([C@H]2C[C@H]2C(=O)N/N=C/c2cccc([N+](=O)[O-])c2O)cc1. The maximum absolute atomic E-state index is 12.3. The van der Waals surface area contributed by atoms with E-state index >= 15 is 0 Å². The van der Waals surface area contributed by atoms with Gasteiger partial charge in [-0.15, -0.1) is 0 Å². The summed E-state index contributed by atoms with van der Waals surface area (Å²) in [5.74, 6) is -0.647. The first kappa shape index (κ1) is 19.5. The van der Waals surface area contributed by atoms with Crippen LogP contribution in [-0.4, -0.2) is 22.2 Å². The average Bonchev–Trinajstić information content (AvgIpc) is 3.43. The van der Waals surface area contributed by atoms with Gasteiger partial charge < -0.3 is 5.11 Å². The molecule has 146 valence electrons. The molecule has 1 aliphatic carbocycles. The lowest BCUT2D eigenvalue weighted by atomic mass is 9.86. The van der Waals surface area contributed by atoms with Crippen LogP contribution in [0.5, 0.6) is 5.75 Å². The molecule has 0 radical (unpaired) electrons. The number of benzene rings is 2. The van der Waals surface area contributed by atoms with E-state index in [0.29, 0.717) is 0 Å². The summed E-state index contributed by atoms with van der Waals surface area (Å²) in [6, 6.07) is 12.5. The highest BCUT2D eigenvalue weighted by Crippen LogP contribution is 2.47. The average molecular weight is 381 g/mol. The number of rotatable bonds is 5. The second kappa shape index (κ2) is 7.42. The van der Waals surface area contributed by atoms with Crippen molar-refractivity contribution in [3.63, 3.8) is 0 Å². The van der Waals surface area contributed by atoms with Crippen LogP contribution < -0.4 is 5.43 Å². The van der Waals surface area contributed by atoms with Crippen molar-refractivity contribution in [1.29, 1.82) is 0 Å². The number of hydrogen-bond acceptors (Lipinski definition) is 5. The van der Waals surface area contributed by atoms with E-state index < -0.39 is 16.4 Å². The van der Waals surface area contributed by atoms with Gasteiger partial charge in [0.1, 0.15) is 0 Å². The van der Waals surface area contributed by atoms with Crippen molar-refractivity contribution in [3.8, 4) is 5.75 Å². The molecule has 1 saturated carbocycles. The molecule has 7 nitrogen and oxygen atoms in total. The van der Waals surface area contributed by atoms with E-state index in [-0.39, 0.29) is 28.7 Å². The second-order valence-corrected chi connectivity index (χ2v) is 8.03. The van der Waals surface area contributed by atoms with Gasteiger partial charge in [-0.05, 0) is 34.9 Å². The number of phenols is 1. The molecule has 7 heteroatoms. The van der Waals surface area contributed by atoms with E-state index in [0.717, 1.165) is 12.0 Å². The standard InChI is InChI=1S/C21H23N3O4/c1-21(2,3)15-9-7-13(8-10-15)16-11-17(16)20(26)23-22-12-14-5-4-6-18(19(14)25)24(27)28/h4-10,12,16-17,25H,11H2,1-3H3,(H,23,26)/b22-12+/t16-,17-/m1/s1. The van der Waals surface area contributed by atoms with Gasteiger partial charge in [0, 0.05) is 17.5 Å². The third kappa shape index (κ3) is 4.19. The predicted molar refractivity (Wildman–Crippen MR) is 106 cm³/mol. The molecule has 0 bridgehead atoms. The summed E-state index contributed by atoms with van der Waals surface area (Å²) in [6.45, 7) is 6.48. The minimum Gasteiger partial charge on any atom is -0.502 e. The fraction of sp³-hybridized carbons (Fsp3) is 0.333. The summed E-state index contributed by atoms with van der Waals surface area (Å²) < 4.78 is 0. The number of amides is 1. The normalized spacial score (nSPS) is 18.8. The van der Waals surface area contributed by atoms with Gasteiger partial charge in [0.15, 0.2) is 0 Å². The minimum absolute atomic E-state index is 0.0889. The van der Waals surface area contributed by atoms with E-state index in [1.165, 1.54) is 30.0 Å². The molecule has 28 heavy (non-hydrogen) atoms. The van der Waals surface area contributed by atoms with Crippen LogP contribution in [0.1, 0.15) is 49.8 Å². The zero-order chi connectivity index (χ0) is 20.5. The molecule has 0 unspecified atom stereocenters. The first-order valence-electron chi connectivity index (χ1n) is 9.08. The number of carbonyl (C=O) groups excluding carboxylic acids is 1. The highest BCUT2D eigenvalue weighted by Gasteiger charge is 2.44. The quantitative estimate of drug-likeness (QED) is 0.466. The molecule has 0 saturated heterocycles. The molecule has 3 rings (SSSR count). The summed E-state index contributed by atoms with van der Waals surface area (Å²) in [4.78, 5) is 22.4. The van der Waals surface area contributed by atoms with Gasteiger partial charge in [0.25, 0.3) is 0 Å². The van der Waals surface area contributed by atoms with Crippen LogP contribution in [0.2, 0.25) is 0 Å². The van der Waals surface area contributed by atoms with Crippen molar-refractivity contribution in [3.05, 3.63) is 69.3 Å². The lowest BCUT2D eigenvalue weighted by Crippen LogP contribution is -2.20. The number of para-hydroxylation sites is 1. The van der Waals surface area contributed by atoms with Gasteiger partial charge in [0.05, 0.1) is 11.1 Å². The Morgan fingerprint density at radius 3 is 2.54 bits per heavy atom. The molecule has 1 aliphatic rings. The molecular formula is C21H23N3O4. The van der Waals surface area contributed by atoms with Crippen molar-refractivity contribution in [1.82, 2.24) is 5.43 Å². The van der Waals surface area contributed by atoms with Crippen LogP contribution in [0.25, 0.3) is 0 Å². The number of nitro groups is 1. The zero-order valence-corrected chi connectivity index (χ0v) is 16.0. The number of nitrogens with zero attached hydrogens (tertiary/aromatic N) is 2. The van der Waals surface area contributed by atoms with Gasteiger partial charge in [0.2, 0.25) is 11.7 Å². The monoisotopic (exact) mass is 381 g/mol. The fourth-order valence-electron chi connectivity index (χ4n) is 3.13. The van der Waals surface area contributed by atoms with E-state index in [1.54, 1.807) is 0 Å². The molecule has 1 fully saturated rings. The minimum atomic E-state index is -0.676. The lowest BCUT2D eigenvalue weighted by Gasteiger charge is -2.19. The summed E-state index contributed by atoms with van der Waals surface area (Å²) in [7, 11) is 0. The number of hydrogen-bond donors (Lipinski definition) is 2. The first-order valence-corrected chi connectivity index (χ1v) is 9.08. The Labute approximate surface area is 163 Å². The molecule has 2 aromatic rings. The third-order valence-electron chi connectivity index (χ3n) is 4.95. The fourth-order valence-corrected chi connectivity index (χ4v) is 3.13. The molecule has 0 spiro atoms. The van der Waals surface area contributed by atoms with Gasteiger partial charge in [-0.1, -0.05) is 51.1 Å². The smallest absolute Gasteiger partial charge is 0.311 e. The molecule has 2 atom stereocenters. The molecule has 2 N–H and O–H groups in total. The van der Waals surface area contributed by atoms with Crippen molar-refractivity contribution < 1.29 is 14.8 Å². The number of aromatic hydroxyl groups is 1.